The van der Waals surface area contributed by atoms with E-state index in [1.165, 1.54) is 0 Å². The Balaban J connectivity index is -0.0000000800. The van der Waals surface area contributed by atoms with Gasteiger partial charge in [-0.2, -0.15) is 0 Å². The zero-order valence-corrected chi connectivity index (χ0v) is 4.56. The third-order valence-corrected chi connectivity index (χ3v) is 0. The van der Waals surface area contributed by atoms with Crippen molar-refractivity contribution < 1.29 is 41.1 Å². The molecule has 0 atom stereocenters. The maximum Gasteiger partial charge on any atom is 1.00 e. The summed E-state index contributed by atoms with van der Waals surface area (Å²) >= 11 is 0. The van der Waals surface area contributed by atoms with Crippen LogP contribution in [-0.2, 0) is 22.4 Å². The molecule has 1 radical (unpaired) electrons. The Bertz CT molecular complexity index is 27.2. The smallest absolute Gasteiger partial charge is 0.418 e. The van der Waals surface area contributed by atoms with Crippen molar-refractivity contribution in [1.29, 1.82) is 0 Å². The number of rotatable bonds is 0. The summed E-state index contributed by atoms with van der Waals surface area (Å²) in [5.41, 5.74) is 0. The second-order valence-corrected chi connectivity index (χ2v) is 0.495. The first-order valence-corrected chi connectivity index (χ1v) is 0.873. The average Bonchev–Trinajstić information content (AvgIpc) is 0.722. The van der Waals surface area contributed by atoms with Gasteiger partial charge < -0.3 is 17.3 Å². The minimum atomic E-state index is -6.00. The number of hydrogen-bond donors (Lipinski definition) is 0. The zero-order chi connectivity index (χ0) is 4.50. The Morgan fingerprint density at radius 1 is 1.00 bits per heavy atom. The number of halogens is 4. The average molecular weight is 285 g/mol. The van der Waals surface area contributed by atoms with E-state index in [2.05, 4.69) is 0 Å². The van der Waals surface area contributed by atoms with Crippen LogP contribution in [0.2, 0.25) is 0 Å². The van der Waals surface area contributed by atoms with Crippen molar-refractivity contribution in [2.45, 2.75) is 0 Å². The maximum absolute atomic E-state index is 9.75. The molecule has 0 spiro atoms. The fourth-order valence-electron chi connectivity index (χ4n) is 0. The summed E-state index contributed by atoms with van der Waals surface area (Å²) in [4.78, 5) is 0. The van der Waals surface area contributed by atoms with Crippen molar-refractivity contribution in [3.63, 3.8) is 0 Å². The van der Waals surface area contributed by atoms with Crippen molar-refractivity contribution in [1.82, 2.24) is 0 Å². The molecule has 0 aliphatic heterocycles. The van der Waals surface area contributed by atoms with E-state index in [-0.39, 0.29) is 23.8 Å². The minimum absolute atomic E-state index is 0. The van der Waals surface area contributed by atoms with Gasteiger partial charge in [0.2, 0.25) is 0 Å². The topological polar surface area (TPSA) is 0 Å². The van der Waals surface area contributed by atoms with E-state index in [0.717, 1.165) is 0 Å². The molecule has 0 N–H and O–H groups in total. The predicted octanol–water partition coefficient (Wildman–Crippen LogP) is 1.41. The normalized spacial score (nSPS) is 10.0. The Morgan fingerprint density at radius 2 is 1.00 bits per heavy atom. The van der Waals surface area contributed by atoms with Crippen molar-refractivity contribution in [2.24, 2.45) is 0 Å². The molecule has 6 heavy (non-hydrogen) atoms. The van der Waals surface area contributed by atoms with Crippen LogP contribution in [0.3, 0.4) is 0 Å². The zero-order valence-electron chi connectivity index (χ0n) is 3.39. The molecular weight excluding hydrogens is 284 g/mol. The molecule has 0 aliphatic carbocycles. The summed E-state index contributed by atoms with van der Waals surface area (Å²) in [6, 6.07) is 0. The van der Waals surface area contributed by atoms with E-state index in [1.807, 2.05) is 0 Å². The van der Waals surface area contributed by atoms with Gasteiger partial charge in [-0.15, -0.1) is 0 Å². The predicted molar refractivity (Wildman–Crippen MR) is 11.3 cm³/mol. The second-order valence-electron chi connectivity index (χ2n) is 0.495. The van der Waals surface area contributed by atoms with Gasteiger partial charge in [-0.25, -0.2) is 0 Å². The summed E-state index contributed by atoms with van der Waals surface area (Å²) in [5.74, 6) is 0. The van der Waals surface area contributed by atoms with Gasteiger partial charge in [-0.3, -0.25) is 0 Å². The van der Waals surface area contributed by atoms with Gasteiger partial charge in [0.05, 0.1) is 0 Å². The molecule has 0 aromatic rings. The van der Waals surface area contributed by atoms with Crippen molar-refractivity contribution in [3.05, 3.63) is 0 Å². The molecule has 43 valence electrons. The molecule has 0 rings (SSSR count). The Labute approximate surface area is 49.0 Å². The third kappa shape index (κ3) is 204. The largest absolute Gasteiger partial charge is 1.00 e. The quantitative estimate of drug-likeness (QED) is 0.466. The van der Waals surface area contributed by atoms with Crippen molar-refractivity contribution in [2.75, 3.05) is 0 Å². The van der Waals surface area contributed by atoms with Crippen LogP contribution in [-0.4, -0.2) is 7.25 Å². The van der Waals surface area contributed by atoms with Gasteiger partial charge in [-0.1, -0.05) is 0 Å². The molecule has 0 amide bonds. The fourth-order valence-corrected chi connectivity index (χ4v) is 0. The number of hydrogen-bond acceptors (Lipinski definition) is 0. The second kappa shape index (κ2) is 2.66. The van der Waals surface area contributed by atoms with Crippen LogP contribution in [0.5, 0.6) is 0 Å². The van der Waals surface area contributed by atoms with E-state index in [9.17, 15) is 17.3 Å². The van der Waals surface area contributed by atoms with E-state index >= 15 is 0 Å². The summed E-state index contributed by atoms with van der Waals surface area (Å²) in [6.45, 7) is 0. The van der Waals surface area contributed by atoms with E-state index in [4.69, 9.17) is 0 Å². The van der Waals surface area contributed by atoms with Crippen LogP contribution in [0.25, 0.3) is 0 Å². The molecule has 0 saturated heterocycles. The summed E-state index contributed by atoms with van der Waals surface area (Å²) in [7, 11) is -6.00. The molecule has 0 aromatic carbocycles. The van der Waals surface area contributed by atoms with Crippen LogP contribution in [0, 0.1) is 0 Å². The van der Waals surface area contributed by atoms with Crippen LogP contribution in [0.4, 0.5) is 17.3 Å². The van der Waals surface area contributed by atoms with Gasteiger partial charge in [0.25, 0.3) is 0 Å². The molecule has 0 unspecified atom stereocenters. The fraction of sp³-hybridized carbons (Fsp3) is 0. The van der Waals surface area contributed by atoms with Gasteiger partial charge >= 0.3 is 8.68 Å². The van der Waals surface area contributed by atoms with E-state index < -0.39 is 7.25 Å². The maximum atomic E-state index is 9.75. The first-order valence-electron chi connectivity index (χ1n) is 0.873. The Kier molecular flexibility index (Phi) is 4.31. The van der Waals surface area contributed by atoms with Gasteiger partial charge in [0.15, 0.2) is 0 Å². The van der Waals surface area contributed by atoms with Crippen LogP contribution >= 0.6 is 0 Å². The first kappa shape index (κ1) is 9.73. The van der Waals surface area contributed by atoms with Crippen molar-refractivity contribution >= 4 is 7.25 Å². The molecule has 0 aliphatic rings. The molecule has 0 aromatic heterocycles. The van der Waals surface area contributed by atoms with E-state index in [0.29, 0.717) is 0 Å². The first-order chi connectivity index (χ1) is 2.00. The molecule has 0 heterocycles. The molecule has 0 bridgehead atoms. The molecular formula is HAuBF4. The van der Waals surface area contributed by atoms with Gasteiger partial charge in [0.1, 0.15) is 0 Å². The monoisotopic (exact) mass is 285 g/mol. The molecule has 0 saturated carbocycles. The standard InChI is InChI=1S/Au.BF4/c;2-1(3,4)5/q;-1/p+1. The summed E-state index contributed by atoms with van der Waals surface area (Å²) in [6.07, 6.45) is 0. The Morgan fingerprint density at radius 3 is 1.00 bits per heavy atom. The van der Waals surface area contributed by atoms with Gasteiger partial charge in [-0.05, 0) is 0 Å². The molecule has 0 fully saturated rings. The van der Waals surface area contributed by atoms with Crippen molar-refractivity contribution in [3.8, 4) is 0 Å². The van der Waals surface area contributed by atoms with E-state index in [1.54, 1.807) is 0 Å². The molecule has 0 nitrogen and oxygen atoms in total. The Hall–Kier alpha value is 0.525. The summed E-state index contributed by atoms with van der Waals surface area (Å²) < 4.78 is 39.0. The third-order valence-electron chi connectivity index (χ3n) is 0. The van der Waals surface area contributed by atoms with Crippen LogP contribution in [0.15, 0.2) is 0 Å². The minimum Gasteiger partial charge on any atom is -0.418 e. The van der Waals surface area contributed by atoms with Crippen LogP contribution in [0.1, 0.15) is 1.43 Å². The van der Waals surface area contributed by atoms with Crippen LogP contribution < -0.4 is 0 Å². The SMILES string of the molecule is F[B-](F)(F)F.[Au].[H+]. The van der Waals surface area contributed by atoms with Gasteiger partial charge in [0, 0.05) is 22.4 Å². The summed E-state index contributed by atoms with van der Waals surface area (Å²) in [5, 5.41) is 0. The molecule has 6 heteroatoms.